The molecule has 0 aliphatic carbocycles. The van der Waals surface area contributed by atoms with Crippen molar-refractivity contribution >= 4 is 23.4 Å². The Hall–Kier alpha value is -2.57. The van der Waals surface area contributed by atoms with E-state index >= 15 is 0 Å². The summed E-state index contributed by atoms with van der Waals surface area (Å²) >= 11 is 0. The highest BCUT2D eigenvalue weighted by atomic mass is 16.2. The maximum absolute atomic E-state index is 12.1. The minimum absolute atomic E-state index is 0.0321. The second kappa shape index (κ2) is 8.50. The number of benzene rings is 1. The van der Waals surface area contributed by atoms with Crippen molar-refractivity contribution in [2.75, 3.05) is 25.0 Å². The van der Waals surface area contributed by atoms with Crippen molar-refractivity contribution in [2.24, 2.45) is 5.92 Å². The zero-order valence-corrected chi connectivity index (χ0v) is 15.0. The number of nitrogens with zero attached hydrogens (tertiary/aromatic N) is 1. The first-order valence-electron chi connectivity index (χ1n) is 8.52. The molecular weight excluding hydrogens is 320 g/mol. The van der Waals surface area contributed by atoms with E-state index in [2.05, 4.69) is 16.2 Å². The molecule has 0 atom stereocenters. The second-order valence-electron chi connectivity index (χ2n) is 6.49. The van der Waals surface area contributed by atoms with Gasteiger partial charge in [0.05, 0.1) is 6.54 Å². The molecule has 0 radical (unpaired) electrons. The lowest BCUT2D eigenvalue weighted by atomic mass is 9.96. The van der Waals surface area contributed by atoms with Crippen molar-refractivity contribution in [3.63, 3.8) is 0 Å². The minimum Gasteiger partial charge on any atom is -0.376 e. The highest BCUT2D eigenvalue weighted by molar-refractivity contribution is 5.85. The molecule has 1 aliphatic rings. The van der Waals surface area contributed by atoms with Crippen LogP contribution in [0.5, 0.6) is 0 Å². The van der Waals surface area contributed by atoms with Crippen LogP contribution in [0.2, 0.25) is 0 Å². The van der Waals surface area contributed by atoms with Gasteiger partial charge in [-0.1, -0.05) is 17.7 Å². The summed E-state index contributed by atoms with van der Waals surface area (Å²) in [5.41, 5.74) is 8.03. The molecule has 0 saturated carbocycles. The molecule has 1 fully saturated rings. The molecule has 0 unspecified atom stereocenters. The fraction of sp³-hybridized carbons (Fsp3) is 0.500. The average molecular weight is 346 g/mol. The molecule has 7 heteroatoms. The van der Waals surface area contributed by atoms with Crippen LogP contribution in [0.15, 0.2) is 18.2 Å². The molecule has 136 valence electrons. The van der Waals surface area contributed by atoms with Crippen molar-refractivity contribution < 1.29 is 14.4 Å². The van der Waals surface area contributed by atoms with E-state index < -0.39 is 0 Å². The predicted octanol–water partition coefficient (Wildman–Crippen LogP) is 1.12. The van der Waals surface area contributed by atoms with Gasteiger partial charge in [0.15, 0.2) is 0 Å². The van der Waals surface area contributed by atoms with E-state index in [9.17, 15) is 14.4 Å². The Morgan fingerprint density at radius 2 is 1.80 bits per heavy atom. The first-order chi connectivity index (χ1) is 11.9. The smallest absolute Gasteiger partial charge is 0.257 e. The van der Waals surface area contributed by atoms with Crippen molar-refractivity contribution in [1.29, 1.82) is 0 Å². The van der Waals surface area contributed by atoms with Crippen LogP contribution in [-0.2, 0) is 14.4 Å². The quantitative estimate of drug-likeness (QED) is 0.713. The summed E-state index contributed by atoms with van der Waals surface area (Å²) in [5, 5.41) is 3.05. The van der Waals surface area contributed by atoms with Crippen LogP contribution in [0.4, 0.5) is 5.69 Å². The maximum Gasteiger partial charge on any atom is 0.257 e. The molecule has 1 heterocycles. The molecule has 1 aromatic carbocycles. The van der Waals surface area contributed by atoms with Gasteiger partial charge in [0.2, 0.25) is 11.8 Å². The van der Waals surface area contributed by atoms with Crippen molar-refractivity contribution in [3.05, 3.63) is 29.3 Å². The first-order valence-corrected chi connectivity index (χ1v) is 8.52. The van der Waals surface area contributed by atoms with Crippen LogP contribution in [0.1, 0.15) is 30.9 Å². The Kier molecular flexibility index (Phi) is 6.38. The highest BCUT2D eigenvalue weighted by Crippen LogP contribution is 2.17. The Bertz CT molecular complexity index is 652. The number of carbonyl (C=O) groups is 3. The van der Waals surface area contributed by atoms with Gasteiger partial charge < -0.3 is 10.2 Å². The van der Waals surface area contributed by atoms with E-state index in [4.69, 9.17) is 0 Å². The van der Waals surface area contributed by atoms with Crippen LogP contribution in [-0.4, -0.2) is 42.3 Å². The number of nitrogens with one attached hydrogen (secondary N) is 3. The summed E-state index contributed by atoms with van der Waals surface area (Å²) in [5.74, 6) is -0.662. The van der Waals surface area contributed by atoms with Gasteiger partial charge in [-0.2, -0.15) is 0 Å². The largest absolute Gasteiger partial charge is 0.376 e. The molecule has 1 aromatic rings. The third kappa shape index (κ3) is 5.48. The summed E-state index contributed by atoms with van der Waals surface area (Å²) in [7, 11) is 0. The van der Waals surface area contributed by atoms with E-state index in [0.29, 0.717) is 25.9 Å². The third-order valence-corrected chi connectivity index (χ3v) is 4.46. The molecule has 25 heavy (non-hydrogen) atoms. The number of piperidine rings is 1. The molecule has 7 nitrogen and oxygen atoms in total. The SMILES string of the molecule is CC(=O)N1CCC(C(=O)NNC(=O)CNc2ccc(C)cc2C)CC1. The lowest BCUT2D eigenvalue weighted by Crippen LogP contribution is -2.49. The van der Waals surface area contributed by atoms with Gasteiger partial charge in [0, 0.05) is 31.6 Å². The first kappa shape index (κ1) is 18.8. The number of hydrogen-bond acceptors (Lipinski definition) is 4. The topological polar surface area (TPSA) is 90.5 Å². The van der Waals surface area contributed by atoms with Crippen molar-refractivity contribution in [3.8, 4) is 0 Å². The van der Waals surface area contributed by atoms with E-state index in [-0.39, 0.29) is 30.2 Å². The number of likely N-dealkylation sites (tertiary alicyclic amines) is 1. The van der Waals surface area contributed by atoms with Crippen LogP contribution in [0.3, 0.4) is 0 Å². The fourth-order valence-electron chi connectivity index (χ4n) is 2.92. The number of anilines is 1. The number of hydrogen-bond donors (Lipinski definition) is 3. The summed E-state index contributed by atoms with van der Waals surface area (Å²) in [6.45, 7) is 6.75. The highest BCUT2D eigenvalue weighted by Gasteiger charge is 2.26. The maximum atomic E-state index is 12.1. The monoisotopic (exact) mass is 346 g/mol. The Morgan fingerprint density at radius 1 is 1.12 bits per heavy atom. The molecule has 3 amide bonds. The standard InChI is InChI=1S/C18H26N4O3/c1-12-4-5-16(13(2)10-12)19-11-17(24)20-21-18(25)15-6-8-22(9-7-15)14(3)23/h4-5,10,15,19H,6-9,11H2,1-3H3,(H,20,24)(H,21,25). The lowest BCUT2D eigenvalue weighted by Gasteiger charge is -2.30. The Morgan fingerprint density at radius 3 is 2.40 bits per heavy atom. The van der Waals surface area contributed by atoms with Crippen molar-refractivity contribution in [2.45, 2.75) is 33.6 Å². The van der Waals surface area contributed by atoms with Gasteiger partial charge in [0.25, 0.3) is 5.91 Å². The number of rotatable bonds is 4. The molecule has 0 spiro atoms. The summed E-state index contributed by atoms with van der Waals surface area (Å²) in [4.78, 5) is 37.0. The lowest BCUT2D eigenvalue weighted by molar-refractivity contribution is -0.135. The Balaban J connectivity index is 1.71. The van der Waals surface area contributed by atoms with Crippen molar-refractivity contribution in [1.82, 2.24) is 15.8 Å². The van der Waals surface area contributed by atoms with E-state index in [0.717, 1.165) is 16.8 Å². The van der Waals surface area contributed by atoms with Crippen LogP contribution in [0, 0.1) is 19.8 Å². The second-order valence-corrected chi connectivity index (χ2v) is 6.49. The third-order valence-electron chi connectivity index (χ3n) is 4.46. The van der Waals surface area contributed by atoms with E-state index in [1.165, 1.54) is 6.92 Å². The van der Waals surface area contributed by atoms with Gasteiger partial charge >= 0.3 is 0 Å². The number of aryl methyl sites for hydroxylation is 2. The minimum atomic E-state index is -0.311. The molecule has 1 aliphatic heterocycles. The van der Waals surface area contributed by atoms with Gasteiger partial charge in [0.1, 0.15) is 0 Å². The fourth-order valence-corrected chi connectivity index (χ4v) is 2.92. The molecule has 1 saturated heterocycles. The molecule has 2 rings (SSSR count). The average Bonchev–Trinajstić information content (AvgIpc) is 2.59. The van der Waals surface area contributed by atoms with Crippen LogP contribution >= 0.6 is 0 Å². The van der Waals surface area contributed by atoms with Crippen LogP contribution in [0.25, 0.3) is 0 Å². The van der Waals surface area contributed by atoms with Crippen LogP contribution < -0.4 is 16.2 Å². The van der Waals surface area contributed by atoms with Gasteiger partial charge in [-0.15, -0.1) is 0 Å². The Labute approximate surface area is 148 Å². The van der Waals surface area contributed by atoms with E-state index in [1.54, 1.807) is 4.90 Å². The van der Waals surface area contributed by atoms with Gasteiger partial charge in [-0.3, -0.25) is 25.2 Å². The van der Waals surface area contributed by atoms with E-state index in [1.807, 2.05) is 32.0 Å². The summed E-state index contributed by atoms with van der Waals surface area (Å²) < 4.78 is 0. The molecule has 3 N–H and O–H groups in total. The summed E-state index contributed by atoms with van der Waals surface area (Å²) in [6, 6.07) is 5.94. The number of hydrazine groups is 1. The molecule has 0 bridgehead atoms. The molecular formula is C18H26N4O3. The number of carbonyl (C=O) groups excluding carboxylic acids is 3. The molecule has 0 aromatic heterocycles. The zero-order valence-electron chi connectivity index (χ0n) is 15.0. The number of amides is 3. The zero-order chi connectivity index (χ0) is 18.4. The van der Waals surface area contributed by atoms with Gasteiger partial charge in [-0.25, -0.2) is 0 Å². The predicted molar refractivity (Wildman–Crippen MR) is 95.7 cm³/mol. The van der Waals surface area contributed by atoms with Gasteiger partial charge in [-0.05, 0) is 38.3 Å². The normalized spacial score (nSPS) is 14.8. The summed E-state index contributed by atoms with van der Waals surface area (Å²) in [6.07, 6.45) is 1.23.